The zero-order chi connectivity index (χ0) is 16.8. The average Bonchev–Trinajstić information content (AvgIpc) is 3.00. The summed E-state index contributed by atoms with van der Waals surface area (Å²) < 4.78 is 11.3. The smallest absolute Gasteiger partial charge is 0.287 e. The summed E-state index contributed by atoms with van der Waals surface area (Å²) in [6, 6.07) is 9.42. The van der Waals surface area contributed by atoms with Crippen molar-refractivity contribution < 1.29 is 13.9 Å². The summed E-state index contributed by atoms with van der Waals surface area (Å²) in [7, 11) is 0. The van der Waals surface area contributed by atoms with Gasteiger partial charge in [0.2, 0.25) is 0 Å². The van der Waals surface area contributed by atoms with Crippen molar-refractivity contribution in [2.45, 2.75) is 27.4 Å². The molecule has 0 aliphatic rings. The highest BCUT2D eigenvalue weighted by Crippen LogP contribution is 2.20. The van der Waals surface area contributed by atoms with Crippen LogP contribution in [0.5, 0.6) is 5.75 Å². The van der Waals surface area contributed by atoms with Gasteiger partial charge in [0, 0.05) is 6.54 Å². The molecule has 5 nitrogen and oxygen atoms in total. The molecule has 3 N–H and O–H groups in total. The highest BCUT2D eigenvalue weighted by atomic mass is 16.5. The molecule has 0 bridgehead atoms. The molecular formula is C18H24N2O3. The molecule has 1 unspecified atom stereocenters. The van der Waals surface area contributed by atoms with E-state index in [-0.39, 0.29) is 24.2 Å². The van der Waals surface area contributed by atoms with E-state index in [9.17, 15) is 4.79 Å². The number of carbonyl (C=O) groups is 1. The lowest BCUT2D eigenvalue weighted by molar-refractivity contribution is 0.0916. The van der Waals surface area contributed by atoms with E-state index >= 15 is 0 Å². The van der Waals surface area contributed by atoms with Crippen LogP contribution in [0, 0.1) is 19.8 Å². The summed E-state index contributed by atoms with van der Waals surface area (Å²) >= 11 is 0. The Morgan fingerprint density at radius 3 is 2.78 bits per heavy atom. The molecule has 1 heterocycles. The molecule has 2 aromatic rings. The molecular weight excluding hydrogens is 292 g/mol. The standard InChI is InChI=1S/C18H24N2O3/c1-12-4-6-16(14(3)8-12)22-11-15-5-7-17(23-15)18(21)20-10-13(2)9-19/h4-8,13H,9-11,19H2,1-3H3,(H,20,21). The number of benzene rings is 1. The van der Waals surface area contributed by atoms with Gasteiger partial charge in [0.1, 0.15) is 18.1 Å². The molecule has 1 amide bonds. The third-order valence-corrected chi connectivity index (χ3v) is 3.60. The Kier molecular flexibility index (Phi) is 5.82. The van der Waals surface area contributed by atoms with Crippen LogP contribution in [0.3, 0.4) is 0 Å². The second kappa shape index (κ2) is 7.83. The summed E-state index contributed by atoms with van der Waals surface area (Å²) in [5, 5.41) is 2.80. The van der Waals surface area contributed by atoms with E-state index in [1.54, 1.807) is 12.1 Å². The van der Waals surface area contributed by atoms with Crippen LogP contribution in [0.15, 0.2) is 34.7 Å². The predicted octanol–water partition coefficient (Wildman–Crippen LogP) is 2.80. The maximum absolute atomic E-state index is 12.0. The van der Waals surface area contributed by atoms with Gasteiger partial charge in [-0.05, 0) is 50.1 Å². The van der Waals surface area contributed by atoms with Crippen molar-refractivity contribution in [3.8, 4) is 5.75 Å². The zero-order valence-electron chi connectivity index (χ0n) is 13.9. The maximum atomic E-state index is 12.0. The number of nitrogens with one attached hydrogen (secondary N) is 1. The van der Waals surface area contributed by atoms with Crippen molar-refractivity contribution >= 4 is 5.91 Å². The minimum Gasteiger partial charge on any atom is -0.485 e. The van der Waals surface area contributed by atoms with Gasteiger partial charge in [-0.1, -0.05) is 24.6 Å². The monoisotopic (exact) mass is 316 g/mol. The van der Waals surface area contributed by atoms with E-state index in [4.69, 9.17) is 14.9 Å². The van der Waals surface area contributed by atoms with E-state index < -0.39 is 0 Å². The van der Waals surface area contributed by atoms with Crippen molar-refractivity contribution in [2.75, 3.05) is 13.1 Å². The van der Waals surface area contributed by atoms with E-state index in [1.165, 1.54) is 5.56 Å². The highest BCUT2D eigenvalue weighted by molar-refractivity contribution is 5.91. The van der Waals surface area contributed by atoms with Crippen LogP contribution in [0.4, 0.5) is 0 Å². The fourth-order valence-corrected chi connectivity index (χ4v) is 2.13. The number of hydrogen-bond acceptors (Lipinski definition) is 4. The molecule has 0 radical (unpaired) electrons. The molecule has 0 saturated heterocycles. The Balaban J connectivity index is 1.90. The number of furan rings is 1. The van der Waals surface area contributed by atoms with Gasteiger partial charge < -0.3 is 20.2 Å². The minimum absolute atomic E-state index is 0.233. The first-order valence-electron chi connectivity index (χ1n) is 7.76. The Hall–Kier alpha value is -2.27. The number of carbonyl (C=O) groups excluding carboxylic acids is 1. The molecule has 0 spiro atoms. The van der Waals surface area contributed by atoms with Gasteiger partial charge in [0.15, 0.2) is 5.76 Å². The molecule has 1 aromatic heterocycles. The van der Waals surface area contributed by atoms with Gasteiger partial charge in [0.25, 0.3) is 5.91 Å². The Morgan fingerprint density at radius 2 is 2.09 bits per heavy atom. The molecule has 23 heavy (non-hydrogen) atoms. The molecule has 0 saturated carbocycles. The van der Waals surface area contributed by atoms with E-state index in [2.05, 4.69) is 11.4 Å². The Bertz CT molecular complexity index is 664. The van der Waals surface area contributed by atoms with Crippen molar-refractivity contribution in [2.24, 2.45) is 11.7 Å². The molecule has 0 aliphatic heterocycles. The quantitative estimate of drug-likeness (QED) is 0.823. The van der Waals surface area contributed by atoms with E-state index in [0.29, 0.717) is 18.8 Å². The summed E-state index contributed by atoms with van der Waals surface area (Å²) in [6.07, 6.45) is 0. The van der Waals surface area contributed by atoms with Gasteiger partial charge >= 0.3 is 0 Å². The van der Waals surface area contributed by atoms with Crippen molar-refractivity contribution in [3.05, 3.63) is 53.0 Å². The summed E-state index contributed by atoms with van der Waals surface area (Å²) in [5.74, 6) is 1.72. The number of hydrogen-bond donors (Lipinski definition) is 2. The van der Waals surface area contributed by atoms with Crippen LogP contribution < -0.4 is 15.8 Å². The number of nitrogens with two attached hydrogens (primary N) is 1. The summed E-state index contributed by atoms with van der Waals surface area (Å²) in [6.45, 7) is 7.38. The van der Waals surface area contributed by atoms with E-state index in [0.717, 1.165) is 11.3 Å². The third kappa shape index (κ3) is 4.86. The zero-order valence-corrected chi connectivity index (χ0v) is 13.9. The molecule has 0 fully saturated rings. The first-order chi connectivity index (χ1) is 11.0. The molecule has 1 aromatic carbocycles. The lowest BCUT2D eigenvalue weighted by Gasteiger charge is -2.09. The predicted molar refractivity (Wildman–Crippen MR) is 89.5 cm³/mol. The van der Waals surface area contributed by atoms with Crippen molar-refractivity contribution in [1.82, 2.24) is 5.32 Å². The molecule has 124 valence electrons. The van der Waals surface area contributed by atoms with Crippen molar-refractivity contribution in [3.63, 3.8) is 0 Å². The number of aryl methyl sites for hydroxylation is 2. The van der Waals surface area contributed by atoms with Gasteiger partial charge in [-0.25, -0.2) is 0 Å². The average molecular weight is 316 g/mol. The Labute approximate surface area is 136 Å². The lowest BCUT2D eigenvalue weighted by atomic mass is 10.1. The molecule has 2 rings (SSSR count). The van der Waals surface area contributed by atoms with Crippen LogP contribution in [-0.2, 0) is 6.61 Å². The van der Waals surface area contributed by atoms with Crippen LogP contribution >= 0.6 is 0 Å². The first-order valence-corrected chi connectivity index (χ1v) is 7.76. The van der Waals surface area contributed by atoms with Crippen LogP contribution in [-0.4, -0.2) is 19.0 Å². The topological polar surface area (TPSA) is 77.5 Å². The fourth-order valence-electron chi connectivity index (χ4n) is 2.13. The van der Waals surface area contributed by atoms with Crippen molar-refractivity contribution in [1.29, 1.82) is 0 Å². The van der Waals surface area contributed by atoms with Gasteiger partial charge in [0.05, 0.1) is 0 Å². The fraction of sp³-hybridized carbons (Fsp3) is 0.389. The van der Waals surface area contributed by atoms with Gasteiger partial charge in [-0.2, -0.15) is 0 Å². The van der Waals surface area contributed by atoms with Crippen LogP contribution in [0.25, 0.3) is 0 Å². The molecule has 5 heteroatoms. The first kappa shape index (κ1) is 17.1. The lowest BCUT2D eigenvalue weighted by Crippen LogP contribution is -2.31. The SMILES string of the molecule is Cc1ccc(OCc2ccc(C(=O)NCC(C)CN)o2)c(C)c1. The normalized spacial score (nSPS) is 12.0. The second-order valence-corrected chi connectivity index (χ2v) is 5.87. The third-order valence-electron chi connectivity index (χ3n) is 3.60. The van der Waals surface area contributed by atoms with Crippen LogP contribution in [0.2, 0.25) is 0 Å². The van der Waals surface area contributed by atoms with Gasteiger partial charge in [-0.3, -0.25) is 4.79 Å². The molecule has 0 aliphatic carbocycles. The molecule has 1 atom stereocenters. The van der Waals surface area contributed by atoms with Gasteiger partial charge in [-0.15, -0.1) is 0 Å². The summed E-state index contributed by atoms with van der Waals surface area (Å²) in [5.41, 5.74) is 7.79. The highest BCUT2D eigenvalue weighted by Gasteiger charge is 2.12. The summed E-state index contributed by atoms with van der Waals surface area (Å²) in [4.78, 5) is 12.0. The Morgan fingerprint density at radius 1 is 1.30 bits per heavy atom. The number of rotatable bonds is 7. The number of ether oxygens (including phenoxy) is 1. The number of amides is 1. The maximum Gasteiger partial charge on any atom is 0.287 e. The second-order valence-electron chi connectivity index (χ2n) is 5.87. The van der Waals surface area contributed by atoms with E-state index in [1.807, 2.05) is 32.9 Å². The minimum atomic E-state index is -0.233. The largest absolute Gasteiger partial charge is 0.485 e. The van der Waals surface area contributed by atoms with Crippen LogP contribution in [0.1, 0.15) is 34.4 Å².